The van der Waals surface area contributed by atoms with E-state index in [1.807, 2.05) is 7.05 Å². The lowest BCUT2D eigenvalue weighted by atomic mass is 9.95. The van der Waals surface area contributed by atoms with Crippen LogP contribution in [0.2, 0.25) is 0 Å². The number of amides is 1. The molecule has 140 valence electrons. The number of nitrogens with zero attached hydrogens (tertiary/aromatic N) is 3. The summed E-state index contributed by atoms with van der Waals surface area (Å²) < 4.78 is 2.30. The number of rotatable bonds is 6. The summed E-state index contributed by atoms with van der Waals surface area (Å²) in [6, 6.07) is 10.6. The fraction of sp³-hybridized carbons (Fsp3) is 0.500. The Kier molecular flexibility index (Phi) is 6.15. The highest BCUT2D eigenvalue weighted by Gasteiger charge is 2.23. The molecule has 1 aliphatic rings. The highest BCUT2D eigenvalue weighted by molar-refractivity contribution is 5.80. The summed E-state index contributed by atoms with van der Waals surface area (Å²) in [4.78, 5) is 17.9. The Bertz CT molecular complexity index is 766. The summed E-state index contributed by atoms with van der Waals surface area (Å²) in [5.41, 5.74) is 6.64. The maximum Gasteiger partial charge on any atom is 0.217 e. The average molecular weight is 355 g/mol. The number of aliphatic imine (C=N–C) groups is 1. The Balaban J connectivity index is 1.47. The number of likely N-dealkylation sites (tertiary alicyclic amines) is 1. The molecular formula is C20H29N5O. The van der Waals surface area contributed by atoms with Gasteiger partial charge >= 0.3 is 0 Å². The fourth-order valence-corrected chi connectivity index (χ4v) is 3.83. The van der Waals surface area contributed by atoms with Gasteiger partial charge in [-0.3, -0.25) is 9.79 Å². The zero-order valence-corrected chi connectivity index (χ0v) is 15.5. The summed E-state index contributed by atoms with van der Waals surface area (Å²) in [5.74, 6) is 1.06. The number of guanidine groups is 1. The second-order valence-electron chi connectivity index (χ2n) is 7.02. The van der Waals surface area contributed by atoms with Crippen LogP contribution in [0, 0.1) is 5.92 Å². The monoisotopic (exact) mass is 355 g/mol. The number of para-hydroxylation sites is 1. The van der Waals surface area contributed by atoms with Crippen LogP contribution in [0.5, 0.6) is 0 Å². The van der Waals surface area contributed by atoms with E-state index < -0.39 is 0 Å². The smallest absolute Gasteiger partial charge is 0.217 e. The van der Waals surface area contributed by atoms with Gasteiger partial charge in [0.15, 0.2) is 5.96 Å². The van der Waals surface area contributed by atoms with Crippen LogP contribution in [-0.2, 0) is 11.3 Å². The van der Waals surface area contributed by atoms with E-state index in [0.29, 0.717) is 12.3 Å². The number of fused-ring (bicyclic) bond motifs is 1. The molecule has 3 N–H and O–H groups in total. The first-order valence-corrected chi connectivity index (χ1v) is 9.45. The zero-order valence-electron chi connectivity index (χ0n) is 15.5. The Morgan fingerprint density at radius 1 is 1.35 bits per heavy atom. The lowest BCUT2D eigenvalue weighted by Gasteiger charge is -2.34. The van der Waals surface area contributed by atoms with Crippen molar-refractivity contribution in [1.29, 1.82) is 0 Å². The first-order chi connectivity index (χ1) is 12.7. The van der Waals surface area contributed by atoms with E-state index in [1.54, 1.807) is 0 Å². The van der Waals surface area contributed by atoms with Gasteiger partial charge in [-0.1, -0.05) is 18.2 Å². The molecule has 0 bridgehead atoms. The Labute approximate surface area is 155 Å². The molecule has 0 spiro atoms. The molecule has 2 heterocycles. The third-order valence-electron chi connectivity index (χ3n) is 5.06. The normalized spacial score (nSPS) is 18.3. The van der Waals surface area contributed by atoms with Crippen molar-refractivity contribution in [1.82, 2.24) is 14.8 Å². The second-order valence-corrected chi connectivity index (χ2v) is 7.02. The predicted octanol–water partition coefficient (Wildman–Crippen LogP) is 2.19. The number of carbonyl (C=O) groups is 1. The van der Waals surface area contributed by atoms with Crippen molar-refractivity contribution in [2.24, 2.45) is 16.6 Å². The topological polar surface area (TPSA) is 75.7 Å². The summed E-state index contributed by atoms with van der Waals surface area (Å²) in [6.07, 6.45) is 5.79. The zero-order chi connectivity index (χ0) is 18.4. The van der Waals surface area contributed by atoms with Crippen molar-refractivity contribution in [3.05, 3.63) is 36.5 Å². The quantitative estimate of drug-likeness (QED) is 0.474. The molecule has 1 amide bonds. The molecule has 1 fully saturated rings. The second kappa shape index (κ2) is 8.74. The number of aryl methyl sites for hydroxylation is 1. The van der Waals surface area contributed by atoms with E-state index >= 15 is 0 Å². The number of hydrogen-bond donors (Lipinski definition) is 2. The van der Waals surface area contributed by atoms with Crippen LogP contribution in [0.25, 0.3) is 10.9 Å². The summed E-state index contributed by atoms with van der Waals surface area (Å²) in [5, 5.41) is 4.75. The van der Waals surface area contributed by atoms with Crippen LogP contribution in [0.1, 0.15) is 25.7 Å². The van der Waals surface area contributed by atoms with Crippen LogP contribution < -0.4 is 11.1 Å². The average Bonchev–Trinajstić information content (AvgIpc) is 3.05. The van der Waals surface area contributed by atoms with Gasteiger partial charge in [0, 0.05) is 51.4 Å². The van der Waals surface area contributed by atoms with E-state index in [4.69, 9.17) is 5.73 Å². The number of piperidine rings is 1. The molecule has 2 aromatic rings. The number of carbonyl (C=O) groups excluding carboxylic acids is 1. The van der Waals surface area contributed by atoms with E-state index in [9.17, 15) is 4.79 Å². The minimum absolute atomic E-state index is 0.209. The van der Waals surface area contributed by atoms with Crippen LogP contribution in [-0.4, -0.2) is 48.0 Å². The maximum absolute atomic E-state index is 11.2. The third kappa shape index (κ3) is 4.56. The molecule has 1 atom stereocenters. The number of benzene rings is 1. The van der Waals surface area contributed by atoms with Gasteiger partial charge in [0.05, 0.1) is 0 Å². The molecule has 0 saturated carbocycles. The van der Waals surface area contributed by atoms with Crippen molar-refractivity contribution in [2.45, 2.75) is 32.2 Å². The third-order valence-corrected chi connectivity index (χ3v) is 5.06. The van der Waals surface area contributed by atoms with E-state index in [0.717, 1.165) is 51.4 Å². The molecule has 0 aliphatic carbocycles. The molecule has 1 aromatic heterocycles. The molecule has 6 heteroatoms. The molecule has 0 radical (unpaired) electrons. The molecular weight excluding hydrogens is 326 g/mol. The molecule has 1 unspecified atom stereocenters. The van der Waals surface area contributed by atoms with Crippen molar-refractivity contribution < 1.29 is 4.79 Å². The Morgan fingerprint density at radius 3 is 3.00 bits per heavy atom. The molecule has 26 heavy (non-hydrogen) atoms. The van der Waals surface area contributed by atoms with E-state index in [-0.39, 0.29) is 5.91 Å². The van der Waals surface area contributed by atoms with Gasteiger partial charge in [-0.2, -0.15) is 0 Å². The lowest BCUT2D eigenvalue weighted by molar-refractivity contribution is -0.119. The number of aromatic nitrogens is 1. The highest BCUT2D eigenvalue weighted by atomic mass is 16.1. The van der Waals surface area contributed by atoms with Crippen molar-refractivity contribution in [2.75, 3.05) is 26.7 Å². The van der Waals surface area contributed by atoms with Gasteiger partial charge < -0.3 is 20.5 Å². The number of nitrogens with two attached hydrogens (primary N) is 1. The van der Waals surface area contributed by atoms with Crippen molar-refractivity contribution in [3.63, 3.8) is 0 Å². The van der Waals surface area contributed by atoms with E-state index in [2.05, 4.69) is 56.3 Å². The molecule has 3 rings (SSSR count). The molecule has 6 nitrogen and oxygen atoms in total. The van der Waals surface area contributed by atoms with Gasteiger partial charge in [0.1, 0.15) is 0 Å². The first-order valence-electron chi connectivity index (χ1n) is 9.45. The maximum atomic E-state index is 11.2. The van der Waals surface area contributed by atoms with Crippen LogP contribution in [0.4, 0.5) is 0 Å². The van der Waals surface area contributed by atoms with Crippen LogP contribution >= 0.6 is 0 Å². The van der Waals surface area contributed by atoms with Crippen LogP contribution in [0.3, 0.4) is 0 Å². The SMILES string of the molecule is CN=C(NCCCn1ccc2ccccc21)N1CCCC(CC(N)=O)C1. The van der Waals surface area contributed by atoms with E-state index in [1.165, 1.54) is 10.9 Å². The van der Waals surface area contributed by atoms with Crippen molar-refractivity contribution in [3.8, 4) is 0 Å². The van der Waals surface area contributed by atoms with Crippen molar-refractivity contribution >= 4 is 22.8 Å². The lowest BCUT2D eigenvalue weighted by Crippen LogP contribution is -2.47. The van der Waals surface area contributed by atoms with Gasteiger partial charge in [0.25, 0.3) is 0 Å². The largest absolute Gasteiger partial charge is 0.370 e. The summed E-state index contributed by atoms with van der Waals surface area (Å²) in [7, 11) is 1.82. The molecule has 1 aliphatic heterocycles. The number of primary amides is 1. The number of hydrogen-bond acceptors (Lipinski definition) is 2. The minimum atomic E-state index is -0.209. The van der Waals surface area contributed by atoms with Gasteiger partial charge in [-0.05, 0) is 42.7 Å². The van der Waals surface area contributed by atoms with Gasteiger partial charge in [-0.15, -0.1) is 0 Å². The van der Waals surface area contributed by atoms with Crippen LogP contribution in [0.15, 0.2) is 41.5 Å². The molecule has 1 aromatic carbocycles. The standard InChI is InChI=1S/C20H29N5O/c1-22-20(25-11-4-6-16(15-25)14-19(21)26)23-10-5-12-24-13-9-17-7-2-3-8-18(17)24/h2-3,7-9,13,16H,4-6,10-12,14-15H2,1H3,(H2,21,26)(H,22,23). The van der Waals surface area contributed by atoms with Gasteiger partial charge in [-0.25, -0.2) is 0 Å². The predicted molar refractivity (Wildman–Crippen MR) is 106 cm³/mol. The fourth-order valence-electron chi connectivity index (χ4n) is 3.83. The highest BCUT2D eigenvalue weighted by Crippen LogP contribution is 2.19. The molecule has 1 saturated heterocycles. The summed E-state index contributed by atoms with van der Waals surface area (Å²) in [6.45, 7) is 3.68. The summed E-state index contributed by atoms with van der Waals surface area (Å²) >= 11 is 0. The first kappa shape index (κ1) is 18.3. The Morgan fingerprint density at radius 2 is 2.19 bits per heavy atom. The number of nitrogens with one attached hydrogen (secondary N) is 1. The Hall–Kier alpha value is -2.50. The minimum Gasteiger partial charge on any atom is -0.370 e. The van der Waals surface area contributed by atoms with Gasteiger partial charge in [0.2, 0.25) is 5.91 Å².